The maximum absolute atomic E-state index is 12.2. The molecule has 4 nitrogen and oxygen atoms in total. The number of carbonyl (C=O) groups is 2. The molecule has 4 heteroatoms. The molecule has 0 aromatic heterocycles. The summed E-state index contributed by atoms with van der Waals surface area (Å²) in [6.45, 7) is 9.74. The molecule has 1 amide bonds. The third-order valence-corrected chi connectivity index (χ3v) is 3.79. The van der Waals surface area contributed by atoms with Crippen molar-refractivity contribution in [3.8, 4) is 0 Å². The normalized spacial score (nSPS) is 22.1. The Morgan fingerprint density at radius 1 is 1.37 bits per heavy atom. The van der Waals surface area contributed by atoms with Gasteiger partial charge in [-0.05, 0) is 30.1 Å². The van der Waals surface area contributed by atoms with Crippen LogP contribution in [-0.2, 0) is 9.59 Å². The van der Waals surface area contributed by atoms with Crippen LogP contribution in [0.1, 0.15) is 53.4 Å². The minimum Gasteiger partial charge on any atom is -0.481 e. The number of carboxylic acid groups (broad SMARTS) is 1. The van der Waals surface area contributed by atoms with Crippen molar-refractivity contribution in [1.29, 1.82) is 0 Å². The highest BCUT2D eigenvalue weighted by molar-refractivity contribution is 5.77. The Kier molecular flexibility index (Phi) is 5.39. The summed E-state index contributed by atoms with van der Waals surface area (Å²) in [5, 5.41) is 8.86. The van der Waals surface area contributed by atoms with Gasteiger partial charge in [-0.3, -0.25) is 9.59 Å². The van der Waals surface area contributed by atoms with E-state index in [2.05, 4.69) is 20.8 Å². The zero-order chi connectivity index (χ0) is 14.6. The van der Waals surface area contributed by atoms with Crippen LogP contribution in [0.5, 0.6) is 0 Å². The number of nitrogens with zero attached hydrogens (tertiary/aromatic N) is 1. The lowest BCUT2D eigenvalue weighted by atomic mass is 9.84. The quantitative estimate of drug-likeness (QED) is 0.853. The van der Waals surface area contributed by atoms with Crippen molar-refractivity contribution in [2.24, 2.45) is 17.3 Å². The average Bonchev–Trinajstić information content (AvgIpc) is 2.26. The summed E-state index contributed by atoms with van der Waals surface area (Å²) in [5.74, 6) is -0.0677. The Morgan fingerprint density at radius 3 is 2.53 bits per heavy atom. The van der Waals surface area contributed by atoms with Gasteiger partial charge in [0, 0.05) is 25.9 Å². The summed E-state index contributed by atoms with van der Waals surface area (Å²) in [6.07, 6.45) is 2.79. The van der Waals surface area contributed by atoms with Gasteiger partial charge in [-0.2, -0.15) is 0 Å². The monoisotopic (exact) mass is 269 g/mol. The summed E-state index contributed by atoms with van der Waals surface area (Å²) < 4.78 is 0. The summed E-state index contributed by atoms with van der Waals surface area (Å²) >= 11 is 0. The van der Waals surface area contributed by atoms with E-state index in [0.717, 1.165) is 25.9 Å². The summed E-state index contributed by atoms with van der Waals surface area (Å²) in [6, 6.07) is 0. The summed E-state index contributed by atoms with van der Waals surface area (Å²) in [7, 11) is 0. The van der Waals surface area contributed by atoms with Gasteiger partial charge in [0.05, 0.1) is 0 Å². The molecule has 2 atom stereocenters. The van der Waals surface area contributed by atoms with Crippen molar-refractivity contribution < 1.29 is 14.7 Å². The van der Waals surface area contributed by atoms with Gasteiger partial charge in [-0.15, -0.1) is 0 Å². The highest BCUT2D eigenvalue weighted by atomic mass is 16.4. The Bertz CT molecular complexity index is 333. The Balaban J connectivity index is 2.54. The number of hydrogen-bond donors (Lipinski definition) is 1. The maximum Gasteiger partial charge on any atom is 0.303 e. The predicted octanol–water partition coefficient (Wildman–Crippen LogP) is 2.77. The third-order valence-electron chi connectivity index (χ3n) is 3.79. The Morgan fingerprint density at radius 2 is 2.00 bits per heavy atom. The van der Waals surface area contributed by atoms with Crippen molar-refractivity contribution in [2.45, 2.75) is 53.4 Å². The second-order valence-corrected chi connectivity index (χ2v) is 7.05. The van der Waals surface area contributed by atoms with Crippen LogP contribution in [-0.4, -0.2) is 35.0 Å². The van der Waals surface area contributed by atoms with Crippen molar-refractivity contribution in [1.82, 2.24) is 4.90 Å². The van der Waals surface area contributed by atoms with Crippen LogP contribution in [0.15, 0.2) is 0 Å². The number of amides is 1. The molecule has 0 radical (unpaired) electrons. The fraction of sp³-hybridized carbons (Fsp3) is 0.867. The van der Waals surface area contributed by atoms with Crippen LogP contribution >= 0.6 is 0 Å². The van der Waals surface area contributed by atoms with Crippen molar-refractivity contribution in [3.05, 3.63) is 0 Å². The molecule has 0 spiro atoms. The second kappa shape index (κ2) is 6.40. The van der Waals surface area contributed by atoms with Crippen LogP contribution in [0.4, 0.5) is 0 Å². The number of piperidine rings is 1. The number of rotatable bonds is 4. The smallest absolute Gasteiger partial charge is 0.303 e. The van der Waals surface area contributed by atoms with Crippen LogP contribution in [0.25, 0.3) is 0 Å². The molecule has 110 valence electrons. The number of hydrogen-bond acceptors (Lipinski definition) is 2. The van der Waals surface area contributed by atoms with Gasteiger partial charge >= 0.3 is 5.97 Å². The number of carboxylic acids is 1. The molecule has 0 bridgehead atoms. The summed E-state index contributed by atoms with van der Waals surface area (Å²) in [5.41, 5.74) is 0.0106. The minimum absolute atomic E-state index is 0.0106. The second-order valence-electron chi connectivity index (χ2n) is 7.05. The van der Waals surface area contributed by atoms with E-state index < -0.39 is 5.97 Å². The molecular weight excluding hydrogens is 242 g/mol. The first-order valence-electron chi connectivity index (χ1n) is 7.18. The third kappa shape index (κ3) is 5.62. The molecule has 1 aliphatic rings. The lowest BCUT2D eigenvalue weighted by Gasteiger charge is -2.36. The lowest BCUT2D eigenvalue weighted by Crippen LogP contribution is -2.43. The molecular formula is C15H27NO3. The van der Waals surface area contributed by atoms with Crippen LogP contribution in [0.3, 0.4) is 0 Å². The van der Waals surface area contributed by atoms with Crippen LogP contribution in [0.2, 0.25) is 0 Å². The van der Waals surface area contributed by atoms with E-state index in [1.165, 1.54) is 0 Å². The van der Waals surface area contributed by atoms with Gasteiger partial charge in [0.25, 0.3) is 0 Å². The van der Waals surface area contributed by atoms with Crippen molar-refractivity contribution in [2.75, 3.05) is 13.1 Å². The van der Waals surface area contributed by atoms with E-state index >= 15 is 0 Å². The molecule has 1 heterocycles. The van der Waals surface area contributed by atoms with Crippen molar-refractivity contribution in [3.63, 3.8) is 0 Å². The number of aliphatic carboxylic acids is 1. The van der Waals surface area contributed by atoms with Gasteiger partial charge < -0.3 is 10.0 Å². The van der Waals surface area contributed by atoms with Gasteiger partial charge in [0.15, 0.2) is 0 Å². The lowest BCUT2D eigenvalue weighted by molar-refractivity contribution is -0.138. The molecule has 1 aliphatic heterocycles. The Hall–Kier alpha value is -1.06. The maximum atomic E-state index is 12.2. The first-order chi connectivity index (χ1) is 8.69. The minimum atomic E-state index is -0.745. The zero-order valence-electron chi connectivity index (χ0n) is 12.6. The molecule has 1 N–H and O–H groups in total. The first-order valence-corrected chi connectivity index (χ1v) is 7.18. The van der Waals surface area contributed by atoms with Gasteiger partial charge in [-0.25, -0.2) is 0 Å². The van der Waals surface area contributed by atoms with E-state index in [4.69, 9.17) is 5.11 Å². The standard InChI is InChI=1S/C15H27NO3/c1-11(8-14(18)19)12-6-5-7-16(10-12)13(17)9-15(2,3)4/h11-12H,5-10H2,1-4H3,(H,18,19). The van der Waals surface area contributed by atoms with Gasteiger partial charge in [0.1, 0.15) is 0 Å². The van der Waals surface area contributed by atoms with Gasteiger partial charge in [-0.1, -0.05) is 27.7 Å². The average molecular weight is 269 g/mol. The van der Waals surface area contributed by atoms with E-state index in [1.807, 2.05) is 11.8 Å². The van der Waals surface area contributed by atoms with Crippen molar-refractivity contribution >= 4 is 11.9 Å². The fourth-order valence-corrected chi connectivity index (χ4v) is 2.71. The van der Waals surface area contributed by atoms with E-state index in [-0.39, 0.29) is 23.7 Å². The van der Waals surface area contributed by atoms with E-state index in [9.17, 15) is 9.59 Å². The molecule has 2 unspecified atom stereocenters. The molecule has 1 fully saturated rings. The Labute approximate surface area is 116 Å². The topological polar surface area (TPSA) is 57.6 Å². The largest absolute Gasteiger partial charge is 0.481 e. The summed E-state index contributed by atoms with van der Waals surface area (Å²) in [4.78, 5) is 24.9. The SMILES string of the molecule is CC(CC(=O)O)C1CCCN(C(=O)CC(C)(C)C)C1. The van der Waals surface area contributed by atoms with E-state index in [0.29, 0.717) is 12.3 Å². The predicted molar refractivity (Wildman–Crippen MR) is 74.8 cm³/mol. The first kappa shape index (κ1) is 16.0. The highest BCUT2D eigenvalue weighted by Gasteiger charge is 2.29. The molecule has 1 saturated heterocycles. The van der Waals surface area contributed by atoms with Gasteiger partial charge in [0.2, 0.25) is 5.91 Å². The van der Waals surface area contributed by atoms with Crippen LogP contribution < -0.4 is 0 Å². The molecule has 1 rings (SSSR count). The highest BCUT2D eigenvalue weighted by Crippen LogP contribution is 2.28. The zero-order valence-corrected chi connectivity index (χ0v) is 12.6. The number of likely N-dealkylation sites (tertiary alicyclic amines) is 1. The molecule has 0 aliphatic carbocycles. The molecule has 0 aromatic carbocycles. The molecule has 19 heavy (non-hydrogen) atoms. The fourth-order valence-electron chi connectivity index (χ4n) is 2.71. The van der Waals surface area contributed by atoms with Crippen LogP contribution in [0, 0.1) is 17.3 Å². The number of carbonyl (C=O) groups excluding carboxylic acids is 1. The molecule has 0 saturated carbocycles. The molecule has 0 aromatic rings. The van der Waals surface area contributed by atoms with E-state index in [1.54, 1.807) is 0 Å².